The van der Waals surface area contributed by atoms with Gasteiger partial charge in [-0.25, -0.2) is 0 Å². The summed E-state index contributed by atoms with van der Waals surface area (Å²) in [6, 6.07) is 0. The van der Waals surface area contributed by atoms with Crippen LogP contribution in [0.2, 0.25) is 0 Å². The fourth-order valence-corrected chi connectivity index (χ4v) is 1.15. The van der Waals surface area contributed by atoms with Gasteiger partial charge >= 0.3 is 48.9 Å². The molecule has 0 bridgehead atoms. The third-order valence-electron chi connectivity index (χ3n) is 1.85. The van der Waals surface area contributed by atoms with E-state index >= 15 is 0 Å². The van der Waals surface area contributed by atoms with Crippen LogP contribution in [0, 0.1) is 10.8 Å². The maximum absolute atomic E-state index is 2.32. The third kappa shape index (κ3) is 14.1. The maximum Gasteiger partial charge on any atom is 2.00 e. The summed E-state index contributed by atoms with van der Waals surface area (Å²) in [6.07, 6.45) is 4.07. The van der Waals surface area contributed by atoms with E-state index in [1.54, 1.807) is 0 Å². The topological polar surface area (TPSA) is 0 Å². The van der Waals surface area contributed by atoms with E-state index in [1.165, 1.54) is 19.3 Å². The number of hydrogen-bond acceptors (Lipinski definition) is 0. The molecule has 0 aliphatic heterocycles. The maximum atomic E-state index is 2.32. The summed E-state index contributed by atoms with van der Waals surface area (Å²) in [4.78, 5) is 0. The van der Waals surface area contributed by atoms with Crippen molar-refractivity contribution >= 4 is 48.9 Å². The van der Waals surface area contributed by atoms with Crippen molar-refractivity contribution in [2.45, 2.75) is 60.8 Å². The Hall–Kier alpha value is 1.57. The summed E-state index contributed by atoms with van der Waals surface area (Å²) >= 11 is 0. The first-order valence-corrected chi connectivity index (χ1v) is 4.71. The number of hydrogen-bond donors (Lipinski definition) is 0. The SMILES string of the molecule is CC(C)(C)CCCC(C)(C)C.[Ba+2].[H-].[H-]. The molecule has 0 saturated carbocycles. The van der Waals surface area contributed by atoms with Crippen LogP contribution >= 0.6 is 0 Å². The van der Waals surface area contributed by atoms with Crippen LogP contribution in [0.3, 0.4) is 0 Å². The van der Waals surface area contributed by atoms with Gasteiger partial charge in [0.2, 0.25) is 0 Å². The van der Waals surface area contributed by atoms with Gasteiger partial charge in [-0.15, -0.1) is 0 Å². The molecule has 0 nitrogen and oxygen atoms in total. The van der Waals surface area contributed by atoms with Crippen LogP contribution in [0.25, 0.3) is 0 Å². The van der Waals surface area contributed by atoms with Gasteiger partial charge in [-0.1, -0.05) is 48.0 Å². The summed E-state index contributed by atoms with van der Waals surface area (Å²) in [6.45, 7) is 13.9. The molecule has 0 saturated heterocycles. The summed E-state index contributed by atoms with van der Waals surface area (Å²) < 4.78 is 0. The van der Waals surface area contributed by atoms with E-state index in [4.69, 9.17) is 0 Å². The van der Waals surface area contributed by atoms with E-state index < -0.39 is 0 Å². The van der Waals surface area contributed by atoms with E-state index in [-0.39, 0.29) is 51.7 Å². The van der Waals surface area contributed by atoms with Crippen molar-refractivity contribution in [1.29, 1.82) is 0 Å². The van der Waals surface area contributed by atoms with Crippen LogP contribution in [0.1, 0.15) is 63.7 Å². The van der Waals surface area contributed by atoms with Gasteiger partial charge in [0.25, 0.3) is 0 Å². The molecule has 0 radical (unpaired) electrons. The summed E-state index contributed by atoms with van der Waals surface area (Å²) in [7, 11) is 0. The van der Waals surface area contributed by atoms with E-state index in [0.717, 1.165) is 0 Å². The molecule has 0 fully saturated rings. The van der Waals surface area contributed by atoms with Gasteiger partial charge in [-0.3, -0.25) is 0 Å². The molecular weight excluding hydrogens is 269 g/mol. The van der Waals surface area contributed by atoms with E-state index in [0.29, 0.717) is 10.8 Å². The van der Waals surface area contributed by atoms with Crippen LogP contribution in [0.15, 0.2) is 0 Å². The normalized spacial score (nSPS) is 12.5. The molecule has 0 atom stereocenters. The van der Waals surface area contributed by atoms with Gasteiger partial charge in [0.05, 0.1) is 0 Å². The molecule has 0 rings (SSSR count). The zero-order valence-electron chi connectivity index (χ0n) is 11.8. The Morgan fingerprint density at radius 3 is 1.17 bits per heavy atom. The molecular formula is C11H26Ba. The molecule has 0 aliphatic rings. The quantitative estimate of drug-likeness (QED) is 0.673. The van der Waals surface area contributed by atoms with Gasteiger partial charge < -0.3 is 2.85 Å². The molecule has 0 spiro atoms. The van der Waals surface area contributed by atoms with Gasteiger partial charge in [0.15, 0.2) is 0 Å². The first kappa shape index (κ1) is 16.0. The van der Waals surface area contributed by atoms with Crippen molar-refractivity contribution in [3.63, 3.8) is 0 Å². The minimum absolute atomic E-state index is 0. The predicted octanol–water partition coefficient (Wildman–Crippen LogP) is 4.09. The Morgan fingerprint density at radius 2 is 1.00 bits per heavy atom. The van der Waals surface area contributed by atoms with E-state index in [2.05, 4.69) is 41.5 Å². The predicted molar refractivity (Wildman–Crippen MR) is 60.7 cm³/mol. The molecule has 72 valence electrons. The Labute approximate surface area is 122 Å². The van der Waals surface area contributed by atoms with E-state index in [9.17, 15) is 0 Å². The van der Waals surface area contributed by atoms with Gasteiger partial charge in [-0.2, -0.15) is 0 Å². The van der Waals surface area contributed by atoms with Crippen LogP contribution in [-0.2, 0) is 0 Å². The van der Waals surface area contributed by atoms with Crippen molar-refractivity contribution in [3.8, 4) is 0 Å². The second-order valence-corrected chi connectivity index (χ2v) is 5.97. The Morgan fingerprint density at radius 1 is 0.750 bits per heavy atom. The summed E-state index contributed by atoms with van der Waals surface area (Å²) in [5, 5.41) is 0. The van der Waals surface area contributed by atoms with Crippen molar-refractivity contribution in [1.82, 2.24) is 0 Å². The third-order valence-corrected chi connectivity index (χ3v) is 1.85. The molecule has 0 aromatic rings. The number of rotatable bonds is 2. The first-order valence-electron chi connectivity index (χ1n) is 4.71. The van der Waals surface area contributed by atoms with Crippen LogP contribution in [0.5, 0.6) is 0 Å². The fourth-order valence-electron chi connectivity index (χ4n) is 1.15. The van der Waals surface area contributed by atoms with Crippen LogP contribution in [-0.4, -0.2) is 48.9 Å². The molecule has 1 heteroatoms. The molecule has 0 unspecified atom stereocenters. The average molecular weight is 296 g/mol. The molecule has 12 heavy (non-hydrogen) atoms. The average Bonchev–Trinajstić information content (AvgIpc) is 1.55. The largest absolute Gasteiger partial charge is 2.00 e. The zero-order valence-corrected chi connectivity index (χ0v) is 14.3. The van der Waals surface area contributed by atoms with Crippen LogP contribution in [0.4, 0.5) is 0 Å². The van der Waals surface area contributed by atoms with Crippen molar-refractivity contribution in [2.24, 2.45) is 10.8 Å². The van der Waals surface area contributed by atoms with Gasteiger partial charge in [0, 0.05) is 0 Å². The Kier molecular flexibility index (Phi) is 8.18. The second kappa shape index (κ2) is 6.13. The van der Waals surface area contributed by atoms with Crippen molar-refractivity contribution in [3.05, 3.63) is 0 Å². The molecule has 0 aliphatic carbocycles. The van der Waals surface area contributed by atoms with Gasteiger partial charge in [-0.05, 0) is 23.7 Å². The molecule has 0 heterocycles. The first-order chi connectivity index (χ1) is 4.71. The monoisotopic (exact) mass is 296 g/mol. The summed E-state index contributed by atoms with van der Waals surface area (Å²) in [5.41, 5.74) is 1.04. The Bertz CT molecular complexity index is 97.4. The van der Waals surface area contributed by atoms with Crippen molar-refractivity contribution in [2.75, 3.05) is 0 Å². The summed E-state index contributed by atoms with van der Waals surface area (Å²) in [5.74, 6) is 0. The minimum atomic E-state index is 0. The van der Waals surface area contributed by atoms with Crippen LogP contribution < -0.4 is 0 Å². The molecule has 0 aromatic heterocycles. The molecule has 0 N–H and O–H groups in total. The minimum Gasteiger partial charge on any atom is -1.00 e. The second-order valence-electron chi connectivity index (χ2n) is 5.97. The fraction of sp³-hybridized carbons (Fsp3) is 1.00. The molecule has 0 amide bonds. The van der Waals surface area contributed by atoms with Crippen molar-refractivity contribution < 1.29 is 2.85 Å². The Balaban J connectivity index is -0.000000167. The smallest absolute Gasteiger partial charge is 1.00 e. The standard InChI is InChI=1S/C11H24.Ba.2H/c1-10(2,3)8-7-9-11(4,5)6;;;/h7-9H2,1-6H3;;;/q;+2;2*-1. The van der Waals surface area contributed by atoms with E-state index in [1.807, 2.05) is 0 Å². The molecule has 0 aromatic carbocycles. The van der Waals surface area contributed by atoms with Gasteiger partial charge in [0.1, 0.15) is 0 Å². The zero-order chi connectivity index (χ0) is 9.12.